The lowest BCUT2D eigenvalue weighted by Crippen LogP contribution is -2.49. The van der Waals surface area contributed by atoms with Crippen LogP contribution in [0.3, 0.4) is 0 Å². The van der Waals surface area contributed by atoms with Crippen LogP contribution in [-0.4, -0.2) is 13.2 Å². The molecule has 0 aliphatic heterocycles. The summed E-state index contributed by atoms with van der Waals surface area (Å²) < 4.78 is 5.67. The van der Waals surface area contributed by atoms with E-state index in [1.165, 1.54) is 57.8 Å². The molecule has 3 fully saturated rings. The first-order chi connectivity index (χ1) is 10.1. The highest BCUT2D eigenvalue weighted by atomic mass is 16.5. The van der Waals surface area contributed by atoms with Crippen molar-refractivity contribution in [1.82, 2.24) is 0 Å². The molecule has 4 aliphatic carbocycles. The summed E-state index contributed by atoms with van der Waals surface area (Å²) in [4.78, 5) is 0. The second-order valence-electron chi connectivity index (χ2n) is 8.94. The van der Waals surface area contributed by atoms with E-state index >= 15 is 0 Å². The molecule has 3 saturated carbocycles. The number of ether oxygens (including phenoxy) is 1. The van der Waals surface area contributed by atoms with Crippen LogP contribution in [0.15, 0.2) is 11.6 Å². The largest absolute Gasteiger partial charge is 0.381 e. The van der Waals surface area contributed by atoms with Crippen LogP contribution >= 0.6 is 0 Å². The summed E-state index contributed by atoms with van der Waals surface area (Å²) in [6, 6.07) is 0. The number of hydrogen-bond acceptors (Lipinski definition) is 1. The van der Waals surface area contributed by atoms with E-state index in [0.717, 1.165) is 17.8 Å². The van der Waals surface area contributed by atoms with E-state index in [2.05, 4.69) is 19.9 Å². The molecule has 0 bridgehead atoms. The van der Waals surface area contributed by atoms with Crippen LogP contribution < -0.4 is 0 Å². The molecule has 6 atom stereocenters. The van der Waals surface area contributed by atoms with Gasteiger partial charge in [-0.1, -0.05) is 31.9 Å². The normalized spacial score (nSPS) is 52.6. The van der Waals surface area contributed by atoms with Crippen molar-refractivity contribution in [2.24, 2.45) is 28.6 Å². The SMILES string of the molecule is CO[C@@H]1CC[C@@]2(C)C(=CC[C@@H]3[C@H]4CCC[C@@]4(C)CC[C@H]32)C1. The Labute approximate surface area is 130 Å². The molecule has 0 spiro atoms. The van der Waals surface area contributed by atoms with Crippen molar-refractivity contribution in [3.63, 3.8) is 0 Å². The Morgan fingerprint density at radius 3 is 2.71 bits per heavy atom. The summed E-state index contributed by atoms with van der Waals surface area (Å²) in [7, 11) is 1.89. The second-order valence-corrected chi connectivity index (χ2v) is 8.94. The molecular weight excluding hydrogens is 256 g/mol. The van der Waals surface area contributed by atoms with Crippen LogP contribution in [0.25, 0.3) is 0 Å². The Morgan fingerprint density at radius 2 is 1.90 bits per heavy atom. The standard InChI is InChI=1S/C20H32O/c1-19-10-4-5-17(19)16-7-6-14-13-15(21-3)8-12-20(14,2)18(16)9-11-19/h6,15-18H,4-5,7-13H2,1-3H3/t15-,16-,17-,18-,19+,20+/m1/s1. The van der Waals surface area contributed by atoms with Gasteiger partial charge in [0.25, 0.3) is 0 Å². The number of allylic oxidation sites excluding steroid dienone is 1. The van der Waals surface area contributed by atoms with Gasteiger partial charge in [-0.2, -0.15) is 0 Å². The topological polar surface area (TPSA) is 9.23 Å². The monoisotopic (exact) mass is 288 g/mol. The van der Waals surface area contributed by atoms with Crippen molar-refractivity contribution in [2.45, 2.75) is 77.7 Å². The lowest BCUT2D eigenvalue weighted by Gasteiger charge is -2.57. The molecule has 1 heteroatoms. The lowest BCUT2D eigenvalue weighted by molar-refractivity contribution is -0.0409. The van der Waals surface area contributed by atoms with E-state index in [-0.39, 0.29) is 0 Å². The minimum absolute atomic E-state index is 0.487. The van der Waals surface area contributed by atoms with Gasteiger partial charge in [0.15, 0.2) is 0 Å². The maximum absolute atomic E-state index is 5.67. The molecule has 0 aromatic heterocycles. The fraction of sp³-hybridized carbons (Fsp3) is 0.900. The molecule has 0 amide bonds. The molecular formula is C20H32O. The molecule has 0 saturated heterocycles. The van der Waals surface area contributed by atoms with Crippen molar-refractivity contribution in [2.75, 3.05) is 7.11 Å². The smallest absolute Gasteiger partial charge is 0.0608 e. The average molecular weight is 288 g/mol. The highest BCUT2D eigenvalue weighted by Gasteiger charge is 2.55. The summed E-state index contributed by atoms with van der Waals surface area (Å²) in [5.41, 5.74) is 2.94. The highest BCUT2D eigenvalue weighted by molar-refractivity contribution is 5.25. The van der Waals surface area contributed by atoms with E-state index in [1.807, 2.05) is 7.11 Å². The van der Waals surface area contributed by atoms with Crippen molar-refractivity contribution in [3.8, 4) is 0 Å². The molecule has 0 aromatic carbocycles. The molecule has 0 aromatic rings. The molecule has 118 valence electrons. The first-order valence-corrected chi connectivity index (χ1v) is 9.29. The van der Waals surface area contributed by atoms with Crippen LogP contribution in [0.4, 0.5) is 0 Å². The Balaban J connectivity index is 1.64. The molecule has 4 rings (SSSR count). The Kier molecular flexibility index (Phi) is 3.30. The fourth-order valence-corrected chi connectivity index (χ4v) is 6.82. The van der Waals surface area contributed by atoms with Crippen LogP contribution in [-0.2, 0) is 4.74 Å². The number of hydrogen-bond donors (Lipinski definition) is 0. The van der Waals surface area contributed by atoms with Crippen LogP contribution in [0.5, 0.6) is 0 Å². The molecule has 0 heterocycles. The third-order valence-corrected chi connectivity index (χ3v) is 8.17. The zero-order valence-electron chi connectivity index (χ0n) is 14.2. The van der Waals surface area contributed by atoms with Gasteiger partial charge in [-0.25, -0.2) is 0 Å². The van der Waals surface area contributed by atoms with Gasteiger partial charge in [0.1, 0.15) is 0 Å². The number of fused-ring (bicyclic) bond motifs is 5. The van der Waals surface area contributed by atoms with Crippen molar-refractivity contribution in [1.29, 1.82) is 0 Å². The van der Waals surface area contributed by atoms with Gasteiger partial charge in [0.05, 0.1) is 6.10 Å². The Morgan fingerprint density at radius 1 is 1.05 bits per heavy atom. The highest BCUT2D eigenvalue weighted by Crippen LogP contribution is 2.64. The Bertz CT molecular complexity index is 453. The predicted molar refractivity (Wildman–Crippen MR) is 87.1 cm³/mol. The number of methoxy groups -OCH3 is 1. The average Bonchev–Trinajstić information content (AvgIpc) is 2.88. The van der Waals surface area contributed by atoms with Crippen LogP contribution in [0.2, 0.25) is 0 Å². The number of rotatable bonds is 1. The molecule has 0 N–H and O–H groups in total. The van der Waals surface area contributed by atoms with Crippen molar-refractivity contribution in [3.05, 3.63) is 11.6 Å². The zero-order chi connectivity index (χ0) is 14.7. The van der Waals surface area contributed by atoms with E-state index in [0.29, 0.717) is 16.9 Å². The molecule has 0 radical (unpaired) electrons. The third kappa shape index (κ3) is 1.99. The van der Waals surface area contributed by atoms with Gasteiger partial charge >= 0.3 is 0 Å². The van der Waals surface area contributed by atoms with Gasteiger partial charge in [0.2, 0.25) is 0 Å². The van der Waals surface area contributed by atoms with Gasteiger partial charge < -0.3 is 4.74 Å². The third-order valence-electron chi connectivity index (χ3n) is 8.17. The Hall–Kier alpha value is -0.300. The first-order valence-electron chi connectivity index (χ1n) is 9.29. The van der Waals surface area contributed by atoms with Gasteiger partial charge in [-0.15, -0.1) is 0 Å². The van der Waals surface area contributed by atoms with E-state index < -0.39 is 0 Å². The first kappa shape index (κ1) is 14.3. The summed E-state index contributed by atoms with van der Waals surface area (Å²) >= 11 is 0. The van der Waals surface area contributed by atoms with Crippen molar-refractivity contribution < 1.29 is 4.74 Å². The van der Waals surface area contributed by atoms with Crippen molar-refractivity contribution >= 4 is 0 Å². The minimum atomic E-state index is 0.487. The summed E-state index contributed by atoms with van der Waals surface area (Å²) in [5, 5.41) is 0. The summed E-state index contributed by atoms with van der Waals surface area (Å²) in [6.07, 6.45) is 15.8. The van der Waals surface area contributed by atoms with Crippen LogP contribution in [0, 0.1) is 28.6 Å². The lowest BCUT2D eigenvalue weighted by atomic mass is 9.48. The molecule has 1 nitrogen and oxygen atoms in total. The maximum atomic E-state index is 5.67. The van der Waals surface area contributed by atoms with E-state index in [9.17, 15) is 0 Å². The summed E-state index contributed by atoms with van der Waals surface area (Å²) in [5.74, 6) is 2.97. The summed E-state index contributed by atoms with van der Waals surface area (Å²) in [6.45, 7) is 5.20. The van der Waals surface area contributed by atoms with Crippen LogP contribution in [0.1, 0.15) is 71.6 Å². The molecule has 0 unspecified atom stereocenters. The van der Waals surface area contributed by atoms with E-state index in [4.69, 9.17) is 4.74 Å². The maximum Gasteiger partial charge on any atom is 0.0608 e. The van der Waals surface area contributed by atoms with Gasteiger partial charge in [0, 0.05) is 7.11 Å². The molecule has 21 heavy (non-hydrogen) atoms. The van der Waals surface area contributed by atoms with Gasteiger partial charge in [-0.3, -0.25) is 0 Å². The second kappa shape index (κ2) is 4.85. The van der Waals surface area contributed by atoms with E-state index in [1.54, 1.807) is 5.57 Å². The minimum Gasteiger partial charge on any atom is -0.381 e. The van der Waals surface area contributed by atoms with Gasteiger partial charge in [-0.05, 0) is 80.0 Å². The fourth-order valence-electron chi connectivity index (χ4n) is 6.82. The zero-order valence-corrected chi connectivity index (χ0v) is 14.2. The quantitative estimate of drug-likeness (QED) is 0.591. The molecule has 4 aliphatic rings. The predicted octanol–water partition coefficient (Wildman–Crippen LogP) is 5.35.